The molecule has 1 atom stereocenters. The van der Waals surface area contributed by atoms with E-state index in [9.17, 15) is 4.79 Å². The fraction of sp³-hybridized carbons (Fsp3) is 0.526. The van der Waals surface area contributed by atoms with Gasteiger partial charge in [-0.2, -0.15) is 5.10 Å². The van der Waals surface area contributed by atoms with Crippen molar-refractivity contribution in [2.75, 3.05) is 32.8 Å². The van der Waals surface area contributed by atoms with Gasteiger partial charge in [0, 0.05) is 37.7 Å². The maximum absolute atomic E-state index is 12.9. The molecule has 4 rings (SSSR count). The molecule has 0 saturated carbocycles. The molecular formula is C19H25N5O2. The van der Waals surface area contributed by atoms with E-state index in [0.717, 1.165) is 55.4 Å². The third kappa shape index (κ3) is 3.72. The first-order chi connectivity index (χ1) is 12.7. The highest BCUT2D eigenvalue weighted by atomic mass is 16.5. The van der Waals surface area contributed by atoms with Gasteiger partial charge in [0.05, 0.1) is 6.54 Å². The number of benzene rings is 1. The first-order valence-electron chi connectivity index (χ1n) is 9.29. The quantitative estimate of drug-likeness (QED) is 0.907. The summed E-state index contributed by atoms with van der Waals surface area (Å²) in [5.41, 5.74) is 1.14. The highest BCUT2D eigenvalue weighted by Gasteiger charge is 2.28. The zero-order valence-corrected chi connectivity index (χ0v) is 15.1. The normalized spacial score (nSPS) is 21.0. The molecule has 0 spiro atoms. The molecule has 0 aliphatic carbocycles. The number of rotatable bonds is 3. The maximum atomic E-state index is 12.9. The van der Waals surface area contributed by atoms with E-state index in [1.807, 2.05) is 30.0 Å². The van der Waals surface area contributed by atoms with Crippen molar-refractivity contribution in [3.05, 3.63) is 41.5 Å². The molecule has 7 nitrogen and oxygen atoms in total. The van der Waals surface area contributed by atoms with E-state index in [2.05, 4.69) is 26.1 Å². The minimum atomic E-state index is 0.182. The highest BCUT2D eigenvalue weighted by molar-refractivity contribution is 5.78. The van der Waals surface area contributed by atoms with E-state index in [4.69, 9.17) is 4.74 Å². The van der Waals surface area contributed by atoms with E-state index in [1.54, 1.807) is 0 Å². The average Bonchev–Trinajstić information content (AvgIpc) is 2.99. The summed E-state index contributed by atoms with van der Waals surface area (Å²) < 4.78 is 5.80. The number of ether oxygens (including phenoxy) is 1. The second kappa shape index (κ2) is 7.45. The Bertz CT molecular complexity index is 775. The molecule has 138 valence electrons. The number of para-hydroxylation sites is 1. The van der Waals surface area contributed by atoms with E-state index >= 15 is 0 Å². The zero-order valence-electron chi connectivity index (χ0n) is 15.1. The second-order valence-electron chi connectivity index (χ2n) is 7.12. The number of nitrogens with one attached hydrogen (secondary N) is 1. The van der Waals surface area contributed by atoms with E-state index < -0.39 is 0 Å². The largest absolute Gasteiger partial charge is 0.492 e. The van der Waals surface area contributed by atoms with Gasteiger partial charge in [0.25, 0.3) is 0 Å². The van der Waals surface area contributed by atoms with Crippen molar-refractivity contribution in [2.24, 2.45) is 0 Å². The number of hydrogen-bond acceptors (Lipinski definition) is 5. The monoisotopic (exact) mass is 355 g/mol. The summed E-state index contributed by atoms with van der Waals surface area (Å²) in [4.78, 5) is 21.5. The Kier molecular flexibility index (Phi) is 4.88. The first-order valence-corrected chi connectivity index (χ1v) is 9.29. The predicted molar refractivity (Wildman–Crippen MR) is 96.9 cm³/mol. The molecule has 7 heteroatoms. The summed E-state index contributed by atoms with van der Waals surface area (Å²) >= 11 is 0. The van der Waals surface area contributed by atoms with Gasteiger partial charge in [-0.15, -0.1) is 0 Å². The van der Waals surface area contributed by atoms with Crippen LogP contribution in [0.4, 0.5) is 0 Å². The molecule has 0 radical (unpaired) electrons. The summed E-state index contributed by atoms with van der Waals surface area (Å²) in [5, 5.41) is 7.19. The maximum Gasteiger partial charge on any atom is 0.236 e. The number of fused-ring (bicyclic) bond motifs is 1. The van der Waals surface area contributed by atoms with Crippen molar-refractivity contribution in [1.29, 1.82) is 0 Å². The van der Waals surface area contributed by atoms with Crippen LogP contribution in [0.15, 0.2) is 24.3 Å². The number of aromatic nitrogens is 3. The third-order valence-electron chi connectivity index (χ3n) is 5.14. The van der Waals surface area contributed by atoms with Crippen molar-refractivity contribution >= 4 is 5.91 Å². The molecule has 1 N–H and O–H groups in total. The number of hydrogen-bond donors (Lipinski definition) is 1. The van der Waals surface area contributed by atoms with Crippen LogP contribution in [0.5, 0.6) is 5.75 Å². The molecule has 1 amide bonds. The fourth-order valence-electron chi connectivity index (χ4n) is 3.76. The number of carbonyl (C=O) groups excluding carboxylic acids is 1. The Balaban J connectivity index is 1.38. The topological polar surface area (TPSA) is 74.3 Å². The Morgan fingerprint density at radius 2 is 2.23 bits per heavy atom. The molecule has 0 unspecified atom stereocenters. The Morgan fingerprint density at radius 1 is 1.35 bits per heavy atom. The van der Waals surface area contributed by atoms with Crippen molar-refractivity contribution < 1.29 is 9.53 Å². The van der Waals surface area contributed by atoms with Crippen LogP contribution in [-0.2, 0) is 11.3 Å². The van der Waals surface area contributed by atoms with Gasteiger partial charge in [-0.3, -0.25) is 14.8 Å². The van der Waals surface area contributed by atoms with Gasteiger partial charge < -0.3 is 9.64 Å². The molecule has 2 aliphatic rings. The zero-order chi connectivity index (χ0) is 17.9. The lowest BCUT2D eigenvalue weighted by Gasteiger charge is -2.33. The lowest BCUT2D eigenvalue weighted by atomic mass is 9.97. The Hall–Kier alpha value is -2.41. The van der Waals surface area contributed by atoms with Crippen LogP contribution in [0, 0.1) is 6.92 Å². The molecule has 1 aromatic carbocycles. The fourth-order valence-corrected chi connectivity index (χ4v) is 3.76. The summed E-state index contributed by atoms with van der Waals surface area (Å²) in [7, 11) is 0. The number of likely N-dealkylation sites (tertiary alicyclic amines) is 1. The van der Waals surface area contributed by atoms with Crippen molar-refractivity contribution in [3.63, 3.8) is 0 Å². The van der Waals surface area contributed by atoms with Crippen LogP contribution < -0.4 is 4.74 Å². The third-order valence-corrected chi connectivity index (χ3v) is 5.14. The van der Waals surface area contributed by atoms with Gasteiger partial charge in [0.2, 0.25) is 5.91 Å². The van der Waals surface area contributed by atoms with Crippen LogP contribution >= 0.6 is 0 Å². The lowest BCUT2D eigenvalue weighted by molar-refractivity contribution is -0.133. The summed E-state index contributed by atoms with van der Waals surface area (Å²) in [5.74, 6) is 3.00. The number of aromatic amines is 1. The summed E-state index contributed by atoms with van der Waals surface area (Å²) in [6.07, 6.45) is 2.03. The van der Waals surface area contributed by atoms with Gasteiger partial charge in [0.1, 0.15) is 18.2 Å². The summed E-state index contributed by atoms with van der Waals surface area (Å²) in [6.45, 7) is 5.98. The van der Waals surface area contributed by atoms with Gasteiger partial charge in [0.15, 0.2) is 5.82 Å². The SMILES string of the molecule is Cc1nc([C@@H]2CCCN(C(=O)CN3CCOc4ccccc4C3)C2)n[nH]1. The Labute approximate surface area is 153 Å². The number of aryl methyl sites for hydroxylation is 1. The molecule has 2 aliphatic heterocycles. The van der Waals surface area contributed by atoms with Gasteiger partial charge >= 0.3 is 0 Å². The smallest absolute Gasteiger partial charge is 0.236 e. The lowest BCUT2D eigenvalue weighted by Crippen LogP contribution is -2.45. The van der Waals surface area contributed by atoms with Crippen molar-refractivity contribution in [1.82, 2.24) is 25.0 Å². The van der Waals surface area contributed by atoms with Gasteiger partial charge in [-0.25, -0.2) is 4.98 Å². The molecule has 1 saturated heterocycles. The number of piperidine rings is 1. The minimum absolute atomic E-state index is 0.182. The van der Waals surface area contributed by atoms with Gasteiger partial charge in [-0.05, 0) is 25.8 Å². The van der Waals surface area contributed by atoms with Crippen LogP contribution in [0.3, 0.4) is 0 Å². The molecule has 3 heterocycles. The van der Waals surface area contributed by atoms with Crippen molar-refractivity contribution in [3.8, 4) is 5.75 Å². The predicted octanol–water partition coefficient (Wildman–Crippen LogP) is 1.71. The number of nitrogens with zero attached hydrogens (tertiary/aromatic N) is 4. The van der Waals surface area contributed by atoms with E-state index in [0.29, 0.717) is 19.7 Å². The Morgan fingerprint density at radius 3 is 3.08 bits per heavy atom. The van der Waals surface area contributed by atoms with Gasteiger partial charge in [-0.1, -0.05) is 18.2 Å². The van der Waals surface area contributed by atoms with E-state index in [1.165, 1.54) is 0 Å². The van der Waals surface area contributed by atoms with Crippen LogP contribution in [0.2, 0.25) is 0 Å². The van der Waals surface area contributed by atoms with Crippen molar-refractivity contribution in [2.45, 2.75) is 32.2 Å². The molecule has 2 aromatic rings. The minimum Gasteiger partial charge on any atom is -0.492 e. The van der Waals surface area contributed by atoms with Crippen LogP contribution in [-0.4, -0.2) is 63.7 Å². The standard InChI is InChI=1S/C19H25N5O2/c1-14-20-19(22-21-14)16-6-4-8-24(12-16)18(25)13-23-9-10-26-17-7-3-2-5-15(17)11-23/h2-3,5,7,16H,4,6,8-13H2,1H3,(H,20,21,22)/t16-/m1/s1. The second-order valence-corrected chi connectivity index (χ2v) is 7.12. The molecule has 26 heavy (non-hydrogen) atoms. The van der Waals surface area contributed by atoms with E-state index in [-0.39, 0.29) is 11.8 Å². The summed E-state index contributed by atoms with van der Waals surface area (Å²) in [6, 6.07) is 8.06. The highest BCUT2D eigenvalue weighted by Crippen LogP contribution is 2.25. The molecule has 0 bridgehead atoms. The number of amides is 1. The van der Waals surface area contributed by atoms with Crippen LogP contribution in [0.25, 0.3) is 0 Å². The first kappa shape index (κ1) is 17.0. The molecule has 1 fully saturated rings. The number of H-pyrrole nitrogens is 1. The molecule has 1 aromatic heterocycles. The average molecular weight is 355 g/mol. The van der Waals surface area contributed by atoms with Crippen LogP contribution in [0.1, 0.15) is 36.0 Å². The number of carbonyl (C=O) groups is 1. The molecular weight excluding hydrogens is 330 g/mol.